The van der Waals surface area contributed by atoms with Crippen LogP contribution in [0.3, 0.4) is 0 Å². The Hall–Kier alpha value is -0.710. The predicted molar refractivity (Wildman–Crippen MR) is 89.8 cm³/mol. The Morgan fingerprint density at radius 3 is 1.86 bits per heavy atom. The number of hydrogen-bond donors (Lipinski definition) is 0. The highest BCUT2D eigenvalue weighted by molar-refractivity contribution is 7.99. The Morgan fingerprint density at radius 1 is 0.682 bits per heavy atom. The SMILES string of the molecule is O=C([C@@H]1CCCC[C@H]1C(=O)N1CCCSCC1)N1CCCC1. The van der Waals surface area contributed by atoms with E-state index in [1.165, 1.54) is 0 Å². The van der Waals surface area contributed by atoms with Gasteiger partial charge in [0, 0.05) is 43.8 Å². The minimum atomic E-state index is -0.0510. The molecule has 3 fully saturated rings. The molecule has 0 aromatic carbocycles. The molecule has 0 unspecified atom stereocenters. The highest BCUT2D eigenvalue weighted by Crippen LogP contribution is 2.34. The third-order valence-corrected chi connectivity index (χ3v) is 6.40. The third kappa shape index (κ3) is 3.61. The lowest BCUT2D eigenvalue weighted by Crippen LogP contribution is -2.46. The van der Waals surface area contributed by atoms with Crippen molar-refractivity contribution in [3.05, 3.63) is 0 Å². The van der Waals surface area contributed by atoms with E-state index < -0.39 is 0 Å². The Kier molecular flexibility index (Phi) is 5.66. The van der Waals surface area contributed by atoms with Crippen molar-refractivity contribution >= 4 is 23.6 Å². The van der Waals surface area contributed by atoms with Crippen molar-refractivity contribution in [1.29, 1.82) is 0 Å². The van der Waals surface area contributed by atoms with E-state index in [1.807, 2.05) is 21.6 Å². The second-order valence-corrected chi connectivity index (χ2v) is 8.05. The van der Waals surface area contributed by atoms with Crippen molar-refractivity contribution < 1.29 is 9.59 Å². The summed E-state index contributed by atoms with van der Waals surface area (Å²) in [6.07, 6.45) is 7.36. The van der Waals surface area contributed by atoms with Gasteiger partial charge in [-0.2, -0.15) is 11.8 Å². The molecule has 5 heteroatoms. The van der Waals surface area contributed by atoms with Gasteiger partial charge in [0.05, 0.1) is 0 Å². The largest absolute Gasteiger partial charge is 0.342 e. The fourth-order valence-electron chi connectivity index (χ4n) is 4.10. The number of rotatable bonds is 2. The van der Waals surface area contributed by atoms with Gasteiger partial charge in [0.15, 0.2) is 0 Å². The van der Waals surface area contributed by atoms with Gasteiger partial charge < -0.3 is 9.80 Å². The summed E-state index contributed by atoms with van der Waals surface area (Å²) in [5, 5.41) is 0. The average molecular weight is 324 g/mol. The molecule has 1 saturated carbocycles. The van der Waals surface area contributed by atoms with Gasteiger partial charge in [0.1, 0.15) is 0 Å². The smallest absolute Gasteiger partial charge is 0.226 e. The maximum Gasteiger partial charge on any atom is 0.226 e. The minimum Gasteiger partial charge on any atom is -0.342 e. The molecule has 2 saturated heterocycles. The van der Waals surface area contributed by atoms with Gasteiger partial charge in [-0.25, -0.2) is 0 Å². The maximum absolute atomic E-state index is 13.0. The van der Waals surface area contributed by atoms with Crippen LogP contribution in [0.2, 0.25) is 0 Å². The number of nitrogens with zero attached hydrogens (tertiary/aromatic N) is 2. The zero-order chi connectivity index (χ0) is 15.4. The van der Waals surface area contributed by atoms with Gasteiger partial charge in [-0.1, -0.05) is 12.8 Å². The van der Waals surface area contributed by atoms with Crippen LogP contribution in [-0.4, -0.2) is 59.3 Å². The molecule has 1 aliphatic carbocycles. The lowest BCUT2D eigenvalue weighted by atomic mass is 9.77. The zero-order valence-electron chi connectivity index (χ0n) is 13.5. The summed E-state index contributed by atoms with van der Waals surface area (Å²) in [6.45, 7) is 3.55. The summed E-state index contributed by atoms with van der Waals surface area (Å²) in [7, 11) is 0. The first-order chi connectivity index (χ1) is 10.8. The van der Waals surface area contributed by atoms with E-state index in [1.54, 1.807) is 0 Å². The Balaban J connectivity index is 1.68. The fraction of sp³-hybridized carbons (Fsp3) is 0.882. The molecule has 0 spiro atoms. The van der Waals surface area contributed by atoms with E-state index in [0.29, 0.717) is 0 Å². The first-order valence-corrected chi connectivity index (χ1v) is 10.1. The molecule has 2 atom stereocenters. The molecule has 124 valence electrons. The van der Waals surface area contributed by atoms with Crippen LogP contribution in [0.1, 0.15) is 44.9 Å². The predicted octanol–water partition coefficient (Wildman–Crippen LogP) is 2.38. The number of carbonyl (C=O) groups excluding carboxylic acids is 2. The molecular weight excluding hydrogens is 296 g/mol. The summed E-state index contributed by atoms with van der Waals surface area (Å²) in [6, 6.07) is 0. The third-order valence-electron chi connectivity index (χ3n) is 5.35. The van der Waals surface area contributed by atoms with Gasteiger partial charge in [-0.15, -0.1) is 0 Å². The van der Waals surface area contributed by atoms with E-state index in [4.69, 9.17) is 0 Å². The van der Waals surface area contributed by atoms with Crippen molar-refractivity contribution in [1.82, 2.24) is 9.80 Å². The molecule has 2 aliphatic heterocycles. The molecule has 3 aliphatic rings. The monoisotopic (exact) mass is 324 g/mol. The topological polar surface area (TPSA) is 40.6 Å². The van der Waals surface area contributed by atoms with Crippen LogP contribution < -0.4 is 0 Å². The Bertz CT molecular complexity index is 401. The molecule has 0 N–H and O–H groups in total. The zero-order valence-corrected chi connectivity index (χ0v) is 14.3. The number of hydrogen-bond acceptors (Lipinski definition) is 3. The summed E-state index contributed by atoms with van der Waals surface area (Å²) in [5.41, 5.74) is 0. The number of likely N-dealkylation sites (tertiary alicyclic amines) is 1. The van der Waals surface area contributed by atoms with E-state index in [2.05, 4.69) is 0 Å². The molecule has 2 amide bonds. The van der Waals surface area contributed by atoms with Gasteiger partial charge in [-0.3, -0.25) is 9.59 Å². The summed E-state index contributed by atoms with van der Waals surface area (Å²) in [5.74, 6) is 2.63. The second kappa shape index (κ2) is 7.71. The summed E-state index contributed by atoms with van der Waals surface area (Å²) < 4.78 is 0. The van der Waals surface area contributed by atoms with Crippen LogP contribution in [0.25, 0.3) is 0 Å². The molecule has 0 aromatic heterocycles. The lowest BCUT2D eigenvalue weighted by Gasteiger charge is -2.35. The van der Waals surface area contributed by atoms with Gasteiger partial charge in [0.25, 0.3) is 0 Å². The van der Waals surface area contributed by atoms with Crippen molar-refractivity contribution in [3.63, 3.8) is 0 Å². The maximum atomic E-state index is 13.0. The van der Waals surface area contributed by atoms with Crippen molar-refractivity contribution in [2.24, 2.45) is 11.8 Å². The van der Waals surface area contributed by atoms with Gasteiger partial charge >= 0.3 is 0 Å². The van der Waals surface area contributed by atoms with Crippen molar-refractivity contribution in [2.45, 2.75) is 44.9 Å². The Morgan fingerprint density at radius 2 is 1.23 bits per heavy atom. The highest BCUT2D eigenvalue weighted by Gasteiger charge is 2.40. The number of amides is 2. The Labute approximate surface area is 138 Å². The lowest BCUT2D eigenvalue weighted by molar-refractivity contribution is -0.147. The van der Waals surface area contributed by atoms with Crippen LogP contribution in [0.4, 0.5) is 0 Å². The molecule has 0 aromatic rings. The van der Waals surface area contributed by atoms with Crippen molar-refractivity contribution in [3.8, 4) is 0 Å². The van der Waals surface area contributed by atoms with Crippen LogP contribution in [0, 0.1) is 11.8 Å². The second-order valence-electron chi connectivity index (χ2n) is 6.82. The van der Waals surface area contributed by atoms with E-state index >= 15 is 0 Å². The molecule has 3 rings (SSSR count). The first kappa shape index (κ1) is 16.2. The van der Waals surface area contributed by atoms with E-state index in [9.17, 15) is 9.59 Å². The highest BCUT2D eigenvalue weighted by atomic mass is 32.2. The minimum absolute atomic E-state index is 0.0461. The number of thioether (sulfide) groups is 1. The van der Waals surface area contributed by atoms with Crippen LogP contribution in [0.15, 0.2) is 0 Å². The molecule has 0 radical (unpaired) electrons. The van der Waals surface area contributed by atoms with E-state index in [0.717, 1.165) is 82.6 Å². The fourth-order valence-corrected chi connectivity index (χ4v) is 4.98. The average Bonchev–Trinajstić information content (AvgIpc) is 2.96. The van der Waals surface area contributed by atoms with E-state index in [-0.39, 0.29) is 23.7 Å². The standard InChI is InChI=1S/C17H28N2O2S/c20-16(18-8-3-4-9-18)14-6-1-2-7-15(14)17(21)19-10-5-12-22-13-11-19/h14-15H,1-13H2/t14-,15-/m1/s1. The number of carbonyl (C=O) groups is 2. The van der Waals surface area contributed by atoms with Crippen LogP contribution in [-0.2, 0) is 9.59 Å². The molecule has 22 heavy (non-hydrogen) atoms. The van der Waals surface area contributed by atoms with Crippen LogP contribution >= 0.6 is 11.8 Å². The first-order valence-electron chi connectivity index (χ1n) is 8.92. The quantitative estimate of drug-likeness (QED) is 0.783. The van der Waals surface area contributed by atoms with Gasteiger partial charge in [0.2, 0.25) is 11.8 Å². The molecule has 4 nitrogen and oxygen atoms in total. The van der Waals surface area contributed by atoms with Crippen molar-refractivity contribution in [2.75, 3.05) is 37.7 Å². The summed E-state index contributed by atoms with van der Waals surface area (Å²) in [4.78, 5) is 29.8. The summed E-state index contributed by atoms with van der Waals surface area (Å²) >= 11 is 1.94. The molecular formula is C17H28N2O2S. The van der Waals surface area contributed by atoms with Gasteiger partial charge in [-0.05, 0) is 37.9 Å². The molecule has 0 bridgehead atoms. The van der Waals surface area contributed by atoms with Crippen LogP contribution in [0.5, 0.6) is 0 Å². The normalized spacial score (nSPS) is 30.2. The molecule has 2 heterocycles.